The lowest BCUT2D eigenvalue weighted by atomic mass is 10.1. The number of anilines is 1. The van der Waals surface area contributed by atoms with E-state index in [0.29, 0.717) is 33.4 Å². The fraction of sp³-hybridized carbons (Fsp3) is 0.200. The zero-order valence-corrected chi connectivity index (χ0v) is 21.7. The van der Waals surface area contributed by atoms with Crippen LogP contribution in [0.3, 0.4) is 0 Å². The number of hydrogen-bond acceptors (Lipinski definition) is 7. The Balaban J connectivity index is 1.38. The van der Waals surface area contributed by atoms with E-state index >= 15 is 0 Å². The number of ether oxygens (including phenoxy) is 1. The highest BCUT2D eigenvalue weighted by Crippen LogP contribution is 2.28. The van der Waals surface area contributed by atoms with Crippen molar-refractivity contribution in [2.24, 2.45) is 0 Å². The van der Waals surface area contributed by atoms with Crippen molar-refractivity contribution in [2.75, 3.05) is 11.1 Å². The van der Waals surface area contributed by atoms with Gasteiger partial charge in [-0.1, -0.05) is 65.3 Å². The van der Waals surface area contributed by atoms with Crippen molar-refractivity contribution in [3.05, 3.63) is 83.0 Å². The second-order valence-corrected chi connectivity index (χ2v) is 9.94. The van der Waals surface area contributed by atoms with E-state index in [0.717, 1.165) is 11.3 Å². The normalized spacial score (nSPS) is 11.7. The monoisotopic (exact) mass is 525 g/mol. The first-order chi connectivity index (χ1) is 16.9. The Kier molecular flexibility index (Phi) is 8.22. The van der Waals surface area contributed by atoms with Gasteiger partial charge < -0.3 is 10.1 Å². The van der Waals surface area contributed by atoms with Crippen molar-refractivity contribution in [3.8, 4) is 17.0 Å². The van der Waals surface area contributed by atoms with Crippen LogP contribution in [0.5, 0.6) is 5.75 Å². The molecule has 1 amide bonds. The minimum atomic E-state index is -0.375. The number of carbonyl (C=O) groups excluding carboxylic acids is 1. The largest absolute Gasteiger partial charge is 0.483 e. The molecule has 2 aromatic heterocycles. The highest BCUT2D eigenvalue weighted by atomic mass is 35.5. The molecule has 4 rings (SSSR count). The summed E-state index contributed by atoms with van der Waals surface area (Å²) in [5.74, 6) is 1.27. The van der Waals surface area contributed by atoms with Gasteiger partial charge in [0.1, 0.15) is 5.75 Å². The standard InChI is InChI=1S/C25H24ClN5O2S2/c1-4-12-31-23(17(3)33-20-7-5-6-19(26)13-20)29-30-25(31)35-15-22(32)28-24-27-21(14-34-24)18-10-8-16(2)9-11-18/h4-11,13-14,17H,1,12,15H2,2-3H3,(H,27,28,32). The number of halogens is 1. The molecular weight excluding hydrogens is 502 g/mol. The summed E-state index contributed by atoms with van der Waals surface area (Å²) in [7, 11) is 0. The van der Waals surface area contributed by atoms with Crippen LogP contribution < -0.4 is 10.1 Å². The third-order valence-electron chi connectivity index (χ3n) is 4.96. The Hall–Kier alpha value is -3.14. The van der Waals surface area contributed by atoms with E-state index in [9.17, 15) is 4.79 Å². The molecule has 180 valence electrons. The van der Waals surface area contributed by atoms with Crippen molar-refractivity contribution >= 4 is 45.7 Å². The Morgan fingerprint density at radius 1 is 1.29 bits per heavy atom. The van der Waals surface area contributed by atoms with Gasteiger partial charge >= 0.3 is 0 Å². The molecule has 0 fully saturated rings. The minimum absolute atomic E-state index is 0.165. The number of thioether (sulfide) groups is 1. The van der Waals surface area contributed by atoms with Gasteiger partial charge in [-0.15, -0.1) is 28.1 Å². The summed E-state index contributed by atoms with van der Waals surface area (Å²) >= 11 is 8.75. The molecule has 0 saturated heterocycles. The van der Waals surface area contributed by atoms with E-state index < -0.39 is 0 Å². The average molecular weight is 526 g/mol. The number of nitrogens with one attached hydrogen (secondary N) is 1. The maximum atomic E-state index is 12.6. The van der Waals surface area contributed by atoms with Gasteiger partial charge in [-0.2, -0.15) is 0 Å². The molecular formula is C25H24ClN5O2S2. The van der Waals surface area contributed by atoms with E-state index in [1.165, 1.54) is 28.7 Å². The summed E-state index contributed by atoms with van der Waals surface area (Å²) in [6, 6.07) is 15.3. The molecule has 0 bridgehead atoms. The number of benzene rings is 2. The van der Waals surface area contributed by atoms with E-state index in [1.54, 1.807) is 18.2 Å². The number of carbonyl (C=O) groups is 1. The van der Waals surface area contributed by atoms with Crippen molar-refractivity contribution in [3.63, 3.8) is 0 Å². The lowest BCUT2D eigenvalue weighted by Crippen LogP contribution is -2.15. The molecule has 0 aliphatic rings. The molecule has 0 spiro atoms. The third-order valence-corrected chi connectivity index (χ3v) is 6.92. The van der Waals surface area contributed by atoms with Gasteiger partial charge in [0.05, 0.1) is 11.4 Å². The highest BCUT2D eigenvalue weighted by molar-refractivity contribution is 7.99. The maximum absolute atomic E-state index is 12.6. The van der Waals surface area contributed by atoms with Gasteiger partial charge in [0.25, 0.3) is 0 Å². The third kappa shape index (κ3) is 6.50. The van der Waals surface area contributed by atoms with Gasteiger partial charge in [-0.05, 0) is 32.0 Å². The molecule has 4 aromatic rings. The number of thiazole rings is 1. The molecule has 0 aliphatic carbocycles. The molecule has 0 saturated carbocycles. The van der Waals surface area contributed by atoms with E-state index in [-0.39, 0.29) is 17.8 Å². The number of nitrogens with zero attached hydrogens (tertiary/aromatic N) is 4. The SMILES string of the molecule is C=CCn1c(SCC(=O)Nc2nc(-c3ccc(C)cc3)cs2)nnc1C(C)Oc1cccc(Cl)c1. The summed E-state index contributed by atoms with van der Waals surface area (Å²) in [5, 5.41) is 15.1. The average Bonchev–Trinajstić information content (AvgIpc) is 3.46. The number of allylic oxidation sites excluding steroid dienone is 1. The number of amides is 1. The van der Waals surface area contributed by atoms with Crippen LogP contribution in [0.1, 0.15) is 24.4 Å². The van der Waals surface area contributed by atoms with Crippen LogP contribution in [0, 0.1) is 6.92 Å². The van der Waals surface area contributed by atoms with Gasteiger partial charge in [-0.25, -0.2) is 4.98 Å². The summed E-state index contributed by atoms with van der Waals surface area (Å²) < 4.78 is 7.88. The topological polar surface area (TPSA) is 81.9 Å². The Morgan fingerprint density at radius 2 is 2.09 bits per heavy atom. The molecule has 1 unspecified atom stereocenters. The van der Waals surface area contributed by atoms with Crippen LogP contribution in [-0.2, 0) is 11.3 Å². The molecule has 2 aromatic carbocycles. The smallest absolute Gasteiger partial charge is 0.236 e. The summed E-state index contributed by atoms with van der Waals surface area (Å²) in [4.78, 5) is 17.1. The predicted octanol–water partition coefficient (Wildman–Crippen LogP) is 6.42. The van der Waals surface area contributed by atoms with Crippen molar-refractivity contribution in [1.82, 2.24) is 19.7 Å². The second kappa shape index (κ2) is 11.5. The maximum Gasteiger partial charge on any atom is 0.236 e. The van der Waals surface area contributed by atoms with Crippen molar-refractivity contribution in [2.45, 2.75) is 31.7 Å². The predicted molar refractivity (Wildman–Crippen MR) is 142 cm³/mol. The van der Waals surface area contributed by atoms with E-state index in [2.05, 4.69) is 27.1 Å². The van der Waals surface area contributed by atoms with E-state index in [1.807, 2.05) is 60.2 Å². The fourth-order valence-electron chi connectivity index (χ4n) is 3.28. The first-order valence-electron chi connectivity index (χ1n) is 10.8. The lowest BCUT2D eigenvalue weighted by molar-refractivity contribution is -0.113. The zero-order chi connectivity index (χ0) is 24.8. The molecule has 7 nitrogen and oxygen atoms in total. The first kappa shape index (κ1) is 25.0. The minimum Gasteiger partial charge on any atom is -0.483 e. The number of aryl methyl sites for hydroxylation is 1. The Labute approximate surface area is 217 Å². The Bertz CT molecular complexity index is 1320. The number of rotatable bonds is 10. The van der Waals surface area contributed by atoms with Crippen LogP contribution >= 0.6 is 34.7 Å². The number of hydrogen-bond donors (Lipinski definition) is 1. The van der Waals surface area contributed by atoms with Crippen molar-refractivity contribution in [1.29, 1.82) is 0 Å². The first-order valence-corrected chi connectivity index (χ1v) is 13.1. The van der Waals surface area contributed by atoms with Gasteiger partial charge in [0.15, 0.2) is 22.2 Å². The molecule has 0 aliphatic heterocycles. The molecule has 1 atom stereocenters. The summed E-state index contributed by atoms with van der Waals surface area (Å²) in [5.41, 5.74) is 3.04. The van der Waals surface area contributed by atoms with Crippen LogP contribution in [-0.4, -0.2) is 31.4 Å². The highest BCUT2D eigenvalue weighted by Gasteiger charge is 2.20. The van der Waals surface area contributed by atoms with Crippen LogP contribution in [0.25, 0.3) is 11.3 Å². The van der Waals surface area contributed by atoms with Gasteiger partial charge in [0, 0.05) is 22.5 Å². The summed E-state index contributed by atoms with van der Waals surface area (Å²) in [6.45, 7) is 8.24. The van der Waals surface area contributed by atoms with E-state index in [4.69, 9.17) is 16.3 Å². The lowest BCUT2D eigenvalue weighted by Gasteiger charge is -2.15. The van der Waals surface area contributed by atoms with Crippen LogP contribution in [0.2, 0.25) is 5.02 Å². The molecule has 35 heavy (non-hydrogen) atoms. The van der Waals surface area contributed by atoms with Gasteiger partial charge in [-0.3, -0.25) is 9.36 Å². The summed E-state index contributed by atoms with van der Waals surface area (Å²) in [6.07, 6.45) is 1.38. The second-order valence-electron chi connectivity index (χ2n) is 7.70. The molecule has 1 N–H and O–H groups in total. The zero-order valence-electron chi connectivity index (χ0n) is 19.3. The molecule has 10 heteroatoms. The Morgan fingerprint density at radius 3 is 2.83 bits per heavy atom. The van der Waals surface area contributed by atoms with Crippen molar-refractivity contribution < 1.29 is 9.53 Å². The fourth-order valence-corrected chi connectivity index (χ4v) is 4.95. The quantitative estimate of drug-likeness (QED) is 0.190. The van der Waals surface area contributed by atoms with Crippen LogP contribution in [0.15, 0.2) is 71.7 Å². The number of aromatic nitrogens is 4. The van der Waals surface area contributed by atoms with Gasteiger partial charge in [0.2, 0.25) is 5.91 Å². The van der Waals surface area contributed by atoms with Crippen LogP contribution in [0.4, 0.5) is 5.13 Å². The molecule has 2 heterocycles. The molecule has 0 radical (unpaired) electrons.